The average Bonchev–Trinajstić information content (AvgIpc) is 2.50. The van der Waals surface area contributed by atoms with Gasteiger partial charge in [0.15, 0.2) is 0 Å². The van der Waals surface area contributed by atoms with Crippen LogP contribution in [0.25, 0.3) is 0 Å². The molecule has 1 atom stereocenters. The molecule has 3 rings (SSSR count). The van der Waals surface area contributed by atoms with Crippen LogP contribution in [0.15, 0.2) is 30.3 Å². The van der Waals surface area contributed by atoms with Crippen LogP contribution >= 0.6 is 0 Å². The standard InChI is InChI=1S/C17H26N2/c1-3-9-16(10-4-1)15-17-11-5-8-14-19(17)18-12-6-2-7-13-18/h1,3-4,9-10,17H,2,5-8,11-15H2. The van der Waals surface area contributed by atoms with Crippen LogP contribution < -0.4 is 0 Å². The fourth-order valence-corrected chi connectivity index (χ4v) is 3.59. The Bertz CT molecular complexity index is 370. The number of piperidine rings is 2. The van der Waals surface area contributed by atoms with Crippen molar-refractivity contribution >= 4 is 0 Å². The third-order valence-corrected chi connectivity index (χ3v) is 4.61. The molecule has 2 aliphatic heterocycles. The smallest absolute Gasteiger partial charge is 0.0286 e. The van der Waals surface area contributed by atoms with E-state index in [0.29, 0.717) is 0 Å². The van der Waals surface area contributed by atoms with Crippen LogP contribution in [0.2, 0.25) is 0 Å². The molecule has 19 heavy (non-hydrogen) atoms. The Kier molecular flexibility index (Phi) is 4.52. The highest BCUT2D eigenvalue weighted by Gasteiger charge is 2.28. The molecule has 0 spiro atoms. The second kappa shape index (κ2) is 6.53. The van der Waals surface area contributed by atoms with Gasteiger partial charge in [-0.05, 0) is 37.7 Å². The predicted octanol–water partition coefficient (Wildman–Crippen LogP) is 3.48. The Morgan fingerprint density at radius 1 is 0.842 bits per heavy atom. The molecule has 0 aliphatic carbocycles. The first-order valence-electron chi connectivity index (χ1n) is 7.99. The van der Waals surface area contributed by atoms with Gasteiger partial charge in [0.25, 0.3) is 0 Å². The Morgan fingerprint density at radius 2 is 1.58 bits per heavy atom. The molecule has 0 bridgehead atoms. The van der Waals surface area contributed by atoms with Crippen LogP contribution in [0.5, 0.6) is 0 Å². The van der Waals surface area contributed by atoms with Gasteiger partial charge < -0.3 is 0 Å². The Balaban J connectivity index is 1.66. The summed E-state index contributed by atoms with van der Waals surface area (Å²) in [5.74, 6) is 0. The minimum atomic E-state index is 0.731. The van der Waals surface area contributed by atoms with Crippen molar-refractivity contribution in [2.75, 3.05) is 19.6 Å². The van der Waals surface area contributed by atoms with Crippen molar-refractivity contribution in [2.24, 2.45) is 0 Å². The van der Waals surface area contributed by atoms with Gasteiger partial charge in [0, 0.05) is 25.7 Å². The lowest BCUT2D eigenvalue weighted by Gasteiger charge is -2.45. The van der Waals surface area contributed by atoms with E-state index >= 15 is 0 Å². The molecule has 1 unspecified atom stereocenters. The van der Waals surface area contributed by atoms with Crippen LogP contribution in [-0.4, -0.2) is 35.7 Å². The van der Waals surface area contributed by atoms with Crippen LogP contribution in [-0.2, 0) is 6.42 Å². The van der Waals surface area contributed by atoms with Crippen LogP contribution in [0.1, 0.15) is 44.1 Å². The molecule has 1 aromatic carbocycles. The molecule has 2 aliphatic rings. The summed E-state index contributed by atoms with van der Waals surface area (Å²) < 4.78 is 0. The maximum atomic E-state index is 2.70. The summed E-state index contributed by atoms with van der Waals surface area (Å²) >= 11 is 0. The van der Waals surface area contributed by atoms with Crippen molar-refractivity contribution in [2.45, 2.75) is 51.0 Å². The van der Waals surface area contributed by atoms with Crippen molar-refractivity contribution in [3.05, 3.63) is 35.9 Å². The van der Waals surface area contributed by atoms with Gasteiger partial charge in [-0.1, -0.05) is 43.2 Å². The van der Waals surface area contributed by atoms with Gasteiger partial charge in [0.05, 0.1) is 0 Å². The maximum absolute atomic E-state index is 2.70. The number of nitrogens with zero attached hydrogens (tertiary/aromatic N) is 2. The SMILES string of the molecule is c1ccc(CC2CCCCN2N2CCCCC2)cc1. The maximum Gasteiger partial charge on any atom is 0.0286 e. The molecule has 1 aromatic rings. The molecule has 104 valence electrons. The summed E-state index contributed by atoms with van der Waals surface area (Å²) in [6.45, 7) is 3.84. The second-order valence-corrected chi connectivity index (χ2v) is 6.02. The van der Waals surface area contributed by atoms with E-state index in [2.05, 4.69) is 40.3 Å². The molecule has 0 saturated carbocycles. The molecule has 0 N–H and O–H groups in total. The molecular weight excluding hydrogens is 232 g/mol. The topological polar surface area (TPSA) is 6.48 Å². The first-order chi connectivity index (χ1) is 9.43. The predicted molar refractivity (Wildman–Crippen MR) is 79.9 cm³/mol. The molecule has 2 heteroatoms. The highest BCUT2D eigenvalue weighted by Crippen LogP contribution is 2.24. The monoisotopic (exact) mass is 258 g/mol. The first-order valence-corrected chi connectivity index (χ1v) is 7.99. The summed E-state index contributed by atoms with van der Waals surface area (Å²) in [5, 5.41) is 5.35. The zero-order chi connectivity index (χ0) is 12.9. The number of hydrogen-bond acceptors (Lipinski definition) is 2. The van der Waals surface area contributed by atoms with Crippen molar-refractivity contribution in [1.82, 2.24) is 10.0 Å². The molecule has 0 aromatic heterocycles. The number of hydrazine groups is 1. The quantitative estimate of drug-likeness (QED) is 0.819. The van der Waals surface area contributed by atoms with E-state index in [-0.39, 0.29) is 0 Å². The third kappa shape index (κ3) is 3.37. The summed E-state index contributed by atoms with van der Waals surface area (Å²) in [6, 6.07) is 11.8. The minimum absolute atomic E-state index is 0.731. The lowest BCUT2D eigenvalue weighted by Crippen LogP contribution is -2.53. The molecular formula is C17H26N2. The van der Waals surface area contributed by atoms with Gasteiger partial charge in [0.2, 0.25) is 0 Å². The van der Waals surface area contributed by atoms with Gasteiger partial charge >= 0.3 is 0 Å². The number of hydrogen-bond donors (Lipinski definition) is 0. The van der Waals surface area contributed by atoms with Crippen molar-refractivity contribution in [3.63, 3.8) is 0 Å². The van der Waals surface area contributed by atoms with Gasteiger partial charge in [-0.2, -0.15) is 0 Å². The van der Waals surface area contributed by atoms with Crippen molar-refractivity contribution in [1.29, 1.82) is 0 Å². The second-order valence-electron chi connectivity index (χ2n) is 6.02. The molecule has 0 amide bonds. The normalized spacial score (nSPS) is 26.4. The summed E-state index contributed by atoms with van der Waals surface area (Å²) in [6.07, 6.45) is 9.56. The van der Waals surface area contributed by atoms with E-state index in [1.807, 2.05) is 0 Å². The summed E-state index contributed by atoms with van der Waals surface area (Å²) in [5.41, 5.74) is 1.50. The Hall–Kier alpha value is -0.860. The number of benzene rings is 1. The molecule has 2 heterocycles. The fourth-order valence-electron chi connectivity index (χ4n) is 3.59. The van der Waals surface area contributed by atoms with E-state index in [0.717, 1.165) is 6.04 Å². The van der Waals surface area contributed by atoms with E-state index in [1.54, 1.807) is 0 Å². The molecule has 2 saturated heterocycles. The minimum Gasteiger partial charge on any atom is -0.242 e. The fraction of sp³-hybridized carbons (Fsp3) is 0.647. The van der Waals surface area contributed by atoms with E-state index < -0.39 is 0 Å². The van der Waals surface area contributed by atoms with E-state index in [1.165, 1.54) is 70.1 Å². The first kappa shape index (κ1) is 13.1. The largest absolute Gasteiger partial charge is 0.242 e. The molecule has 0 radical (unpaired) electrons. The zero-order valence-electron chi connectivity index (χ0n) is 11.9. The molecule has 2 nitrogen and oxygen atoms in total. The van der Waals surface area contributed by atoms with Gasteiger partial charge in [-0.15, -0.1) is 0 Å². The van der Waals surface area contributed by atoms with Crippen LogP contribution in [0, 0.1) is 0 Å². The Labute approximate surface area is 117 Å². The van der Waals surface area contributed by atoms with E-state index in [4.69, 9.17) is 0 Å². The molecule has 2 fully saturated rings. The lowest BCUT2D eigenvalue weighted by molar-refractivity contribution is -0.0882. The Morgan fingerprint density at radius 3 is 2.37 bits per heavy atom. The van der Waals surface area contributed by atoms with Crippen molar-refractivity contribution in [3.8, 4) is 0 Å². The van der Waals surface area contributed by atoms with Crippen molar-refractivity contribution < 1.29 is 0 Å². The zero-order valence-corrected chi connectivity index (χ0v) is 11.9. The van der Waals surface area contributed by atoms with Gasteiger partial charge in [-0.25, -0.2) is 10.0 Å². The lowest BCUT2D eigenvalue weighted by atomic mass is 9.96. The highest BCUT2D eigenvalue weighted by atomic mass is 15.6. The van der Waals surface area contributed by atoms with Gasteiger partial charge in [-0.3, -0.25) is 0 Å². The highest BCUT2D eigenvalue weighted by molar-refractivity contribution is 5.16. The van der Waals surface area contributed by atoms with Crippen LogP contribution in [0.3, 0.4) is 0 Å². The van der Waals surface area contributed by atoms with Crippen LogP contribution in [0.4, 0.5) is 0 Å². The average molecular weight is 258 g/mol. The summed E-state index contributed by atoms with van der Waals surface area (Å²) in [4.78, 5) is 0. The number of rotatable bonds is 3. The van der Waals surface area contributed by atoms with Gasteiger partial charge in [0.1, 0.15) is 0 Å². The summed E-state index contributed by atoms with van der Waals surface area (Å²) in [7, 11) is 0. The van der Waals surface area contributed by atoms with E-state index in [9.17, 15) is 0 Å². The third-order valence-electron chi connectivity index (χ3n) is 4.61.